The Kier molecular flexibility index (Phi) is 2.71. The number of rotatable bonds is 3. The Labute approximate surface area is 108 Å². The largest absolute Gasteiger partial charge is 0.493 e. The summed E-state index contributed by atoms with van der Waals surface area (Å²) in [6.45, 7) is 4.50. The molecule has 0 N–H and O–H groups in total. The fraction of sp³-hybridized carbons (Fsp3) is 0.250. The van der Waals surface area contributed by atoms with Gasteiger partial charge in [-0.1, -0.05) is 23.5 Å². The standard InChI is InChI=1S/C12H12N4OS/c1-3-17-10-7-5-4-6-9(10)11-15-16-8(2)13-14-12(16)18-11/h4-7H,3H2,1-2H3. The highest BCUT2D eigenvalue weighted by Crippen LogP contribution is 2.32. The Balaban J connectivity index is 2.13. The first kappa shape index (κ1) is 11.2. The summed E-state index contributed by atoms with van der Waals surface area (Å²) >= 11 is 1.51. The molecule has 92 valence electrons. The molecule has 0 aliphatic rings. The second-order valence-corrected chi connectivity index (χ2v) is 4.73. The van der Waals surface area contributed by atoms with E-state index in [9.17, 15) is 0 Å². The molecule has 0 radical (unpaired) electrons. The van der Waals surface area contributed by atoms with Crippen LogP contribution < -0.4 is 4.74 Å². The second-order valence-electron chi connectivity index (χ2n) is 3.78. The van der Waals surface area contributed by atoms with E-state index in [1.807, 2.05) is 38.1 Å². The summed E-state index contributed by atoms with van der Waals surface area (Å²) in [5.41, 5.74) is 0.995. The number of para-hydroxylation sites is 1. The summed E-state index contributed by atoms with van der Waals surface area (Å²) < 4.78 is 7.37. The van der Waals surface area contributed by atoms with E-state index in [4.69, 9.17) is 4.74 Å². The van der Waals surface area contributed by atoms with Gasteiger partial charge in [-0.3, -0.25) is 0 Å². The van der Waals surface area contributed by atoms with Gasteiger partial charge in [-0.15, -0.1) is 10.2 Å². The molecule has 3 rings (SSSR count). The molecule has 2 heterocycles. The molecule has 0 spiro atoms. The van der Waals surface area contributed by atoms with Crippen LogP contribution in [0.15, 0.2) is 24.3 Å². The highest BCUT2D eigenvalue weighted by Gasteiger charge is 2.13. The van der Waals surface area contributed by atoms with E-state index in [1.54, 1.807) is 4.52 Å². The number of benzene rings is 1. The predicted octanol–water partition coefficient (Wildman–Crippen LogP) is 2.56. The van der Waals surface area contributed by atoms with Gasteiger partial charge in [0.1, 0.15) is 5.75 Å². The normalized spacial score (nSPS) is 11.0. The van der Waals surface area contributed by atoms with Crippen molar-refractivity contribution in [2.45, 2.75) is 13.8 Å². The summed E-state index contributed by atoms with van der Waals surface area (Å²) in [6.07, 6.45) is 0. The number of fused-ring (bicyclic) bond motifs is 1. The first-order valence-corrected chi connectivity index (χ1v) is 6.52. The van der Waals surface area contributed by atoms with Crippen molar-refractivity contribution >= 4 is 16.3 Å². The Bertz CT molecular complexity index is 688. The molecular weight excluding hydrogens is 248 g/mol. The molecule has 0 saturated heterocycles. The summed E-state index contributed by atoms with van der Waals surface area (Å²) in [7, 11) is 0. The smallest absolute Gasteiger partial charge is 0.234 e. The van der Waals surface area contributed by atoms with E-state index >= 15 is 0 Å². The van der Waals surface area contributed by atoms with Gasteiger partial charge in [-0.05, 0) is 26.0 Å². The molecule has 0 amide bonds. The van der Waals surface area contributed by atoms with Crippen molar-refractivity contribution in [1.82, 2.24) is 19.8 Å². The lowest BCUT2D eigenvalue weighted by Gasteiger charge is -2.06. The zero-order valence-corrected chi connectivity index (χ0v) is 10.9. The van der Waals surface area contributed by atoms with Crippen molar-refractivity contribution in [2.75, 3.05) is 6.61 Å². The van der Waals surface area contributed by atoms with Crippen LogP contribution in [-0.2, 0) is 0 Å². The molecule has 6 heteroatoms. The van der Waals surface area contributed by atoms with Crippen LogP contribution in [0.25, 0.3) is 15.5 Å². The summed E-state index contributed by atoms with van der Waals surface area (Å²) in [4.78, 5) is 0.800. The molecule has 0 aliphatic heterocycles. The summed E-state index contributed by atoms with van der Waals surface area (Å²) in [5.74, 6) is 1.64. The average Bonchev–Trinajstić information content (AvgIpc) is 2.93. The lowest BCUT2D eigenvalue weighted by molar-refractivity contribution is 0.341. The molecule has 5 nitrogen and oxygen atoms in total. The summed E-state index contributed by atoms with van der Waals surface area (Å²) in [5, 5.41) is 13.5. The molecule has 2 aromatic heterocycles. The molecule has 3 aromatic rings. The topological polar surface area (TPSA) is 52.3 Å². The number of ether oxygens (including phenoxy) is 1. The van der Waals surface area contributed by atoms with E-state index < -0.39 is 0 Å². The molecular formula is C12H12N4OS. The minimum absolute atomic E-state index is 0.639. The fourth-order valence-corrected chi connectivity index (χ4v) is 2.66. The Morgan fingerprint density at radius 3 is 2.89 bits per heavy atom. The van der Waals surface area contributed by atoms with Crippen molar-refractivity contribution in [1.29, 1.82) is 0 Å². The van der Waals surface area contributed by atoms with Gasteiger partial charge in [-0.25, -0.2) is 0 Å². The maximum Gasteiger partial charge on any atom is 0.234 e. The zero-order valence-electron chi connectivity index (χ0n) is 10.1. The molecule has 1 aromatic carbocycles. The van der Waals surface area contributed by atoms with E-state index in [-0.39, 0.29) is 0 Å². The third kappa shape index (κ3) is 1.74. The molecule has 0 saturated carbocycles. The Morgan fingerprint density at radius 2 is 2.11 bits per heavy atom. The fourth-order valence-electron chi connectivity index (χ4n) is 1.75. The summed E-state index contributed by atoms with van der Waals surface area (Å²) in [6, 6.07) is 7.90. The van der Waals surface area contributed by atoms with Crippen molar-refractivity contribution in [3.8, 4) is 16.3 Å². The van der Waals surface area contributed by atoms with Gasteiger partial charge in [0, 0.05) is 0 Å². The minimum Gasteiger partial charge on any atom is -0.493 e. The monoisotopic (exact) mass is 260 g/mol. The van der Waals surface area contributed by atoms with Crippen LogP contribution in [0.4, 0.5) is 0 Å². The Morgan fingerprint density at radius 1 is 1.28 bits per heavy atom. The van der Waals surface area contributed by atoms with E-state index in [0.717, 1.165) is 27.1 Å². The molecule has 0 bridgehead atoms. The molecule has 0 aliphatic carbocycles. The average molecular weight is 260 g/mol. The highest BCUT2D eigenvalue weighted by atomic mass is 32.1. The first-order chi connectivity index (χ1) is 8.79. The van der Waals surface area contributed by atoms with Crippen molar-refractivity contribution in [2.24, 2.45) is 0 Å². The second kappa shape index (κ2) is 4.38. The van der Waals surface area contributed by atoms with Crippen LogP contribution in [-0.4, -0.2) is 26.4 Å². The zero-order chi connectivity index (χ0) is 12.5. The van der Waals surface area contributed by atoms with Crippen LogP contribution in [0, 0.1) is 6.92 Å². The number of hydrogen-bond acceptors (Lipinski definition) is 5. The molecule has 0 fully saturated rings. The van der Waals surface area contributed by atoms with Crippen LogP contribution in [0.5, 0.6) is 5.75 Å². The van der Waals surface area contributed by atoms with Crippen LogP contribution >= 0.6 is 11.3 Å². The van der Waals surface area contributed by atoms with Crippen LogP contribution in [0.1, 0.15) is 12.7 Å². The van der Waals surface area contributed by atoms with Gasteiger partial charge in [0.2, 0.25) is 4.96 Å². The first-order valence-electron chi connectivity index (χ1n) is 5.70. The third-order valence-electron chi connectivity index (χ3n) is 2.56. The maximum atomic E-state index is 5.62. The molecule has 18 heavy (non-hydrogen) atoms. The van der Waals surface area contributed by atoms with Crippen molar-refractivity contribution in [3.63, 3.8) is 0 Å². The quantitative estimate of drug-likeness (QED) is 0.726. The van der Waals surface area contributed by atoms with Gasteiger partial charge in [0.05, 0.1) is 12.2 Å². The van der Waals surface area contributed by atoms with Gasteiger partial charge in [-0.2, -0.15) is 9.61 Å². The van der Waals surface area contributed by atoms with E-state index in [0.29, 0.717) is 6.61 Å². The predicted molar refractivity (Wildman–Crippen MR) is 70.0 cm³/mol. The maximum absolute atomic E-state index is 5.62. The van der Waals surface area contributed by atoms with Crippen molar-refractivity contribution in [3.05, 3.63) is 30.1 Å². The lowest BCUT2D eigenvalue weighted by atomic mass is 10.2. The van der Waals surface area contributed by atoms with Crippen LogP contribution in [0.3, 0.4) is 0 Å². The number of aryl methyl sites for hydroxylation is 1. The van der Waals surface area contributed by atoms with Gasteiger partial charge in [0.25, 0.3) is 0 Å². The Hall–Kier alpha value is -1.95. The van der Waals surface area contributed by atoms with Gasteiger partial charge in [0.15, 0.2) is 10.8 Å². The van der Waals surface area contributed by atoms with Crippen molar-refractivity contribution < 1.29 is 4.74 Å². The molecule has 0 atom stereocenters. The lowest BCUT2D eigenvalue weighted by Crippen LogP contribution is -1.94. The molecule has 0 unspecified atom stereocenters. The van der Waals surface area contributed by atoms with Gasteiger partial charge >= 0.3 is 0 Å². The highest BCUT2D eigenvalue weighted by molar-refractivity contribution is 7.19. The number of nitrogens with zero attached hydrogens (tertiary/aromatic N) is 4. The van der Waals surface area contributed by atoms with Crippen LogP contribution in [0.2, 0.25) is 0 Å². The minimum atomic E-state index is 0.639. The van der Waals surface area contributed by atoms with E-state index in [1.165, 1.54) is 11.3 Å². The third-order valence-corrected chi connectivity index (χ3v) is 3.50. The van der Waals surface area contributed by atoms with Gasteiger partial charge < -0.3 is 4.74 Å². The SMILES string of the molecule is CCOc1ccccc1-c1nn2c(C)nnc2s1. The number of aromatic nitrogens is 4. The number of hydrogen-bond donors (Lipinski definition) is 0. The van der Waals surface area contributed by atoms with E-state index in [2.05, 4.69) is 15.3 Å².